The molecule has 2 nitrogen and oxygen atoms in total. The maximum absolute atomic E-state index is 12.6. The van der Waals surface area contributed by atoms with Gasteiger partial charge in [-0.3, -0.25) is 0 Å². The molecule has 94 valence electrons. The normalized spacial score (nSPS) is 21.5. The van der Waals surface area contributed by atoms with E-state index in [1.54, 1.807) is 6.07 Å². The van der Waals surface area contributed by atoms with E-state index in [1.807, 2.05) is 0 Å². The number of ether oxygens (including phenoxy) is 1. The van der Waals surface area contributed by atoms with Gasteiger partial charge in [-0.15, -0.1) is 0 Å². The minimum Gasteiger partial charge on any atom is -0.371 e. The van der Waals surface area contributed by atoms with Crippen molar-refractivity contribution in [3.05, 3.63) is 33.8 Å². The first-order valence-electron chi connectivity index (χ1n) is 5.17. The van der Waals surface area contributed by atoms with Crippen molar-refractivity contribution < 1.29 is 17.9 Å². The van der Waals surface area contributed by atoms with Gasteiger partial charge in [0.1, 0.15) is 0 Å². The Morgan fingerprint density at radius 3 is 2.65 bits per heavy atom. The van der Waals surface area contributed by atoms with Gasteiger partial charge in [-0.2, -0.15) is 13.2 Å². The lowest BCUT2D eigenvalue weighted by molar-refractivity contribution is -0.137. The topological polar surface area (TPSA) is 21.3 Å². The van der Waals surface area contributed by atoms with Gasteiger partial charge in [0.15, 0.2) is 0 Å². The van der Waals surface area contributed by atoms with E-state index in [9.17, 15) is 13.2 Å². The summed E-state index contributed by atoms with van der Waals surface area (Å²) in [6.07, 6.45) is -4.65. The second kappa shape index (κ2) is 4.96. The van der Waals surface area contributed by atoms with E-state index in [2.05, 4.69) is 21.2 Å². The van der Waals surface area contributed by atoms with Gasteiger partial charge in [0.05, 0.1) is 18.3 Å². The SMILES string of the molecule is FC(F)(F)c1cc(Br)cc(C2CNCCO2)c1. The summed E-state index contributed by atoms with van der Waals surface area (Å²) < 4.78 is 43.8. The summed E-state index contributed by atoms with van der Waals surface area (Å²) in [5.74, 6) is 0. The van der Waals surface area contributed by atoms with Crippen LogP contribution in [-0.4, -0.2) is 19.7 Å². The summed E-state index contributed by atoms with van der Waals surface area (Å²) in [7, 11) is 0. The molecule has 1 N–H and O–H groups in total. The van der Waals surface area contributed by atoms with Crippen LogP contribution in [-0.2, 0) is 10.9 Å². The van der Waals surface area contributed by atoms with Crippen molar-refractivity contribution >= 4 is 15.9 Å². The van der Waals surface area contributed by atoms with Crippen molar-refractivity contribution in [2.24, 2.45) is 0 Å². The van der Waals surface area contributed by atoms with Crippen molar-refractivity contribution in [3.63, 3.8) is 0 Å². The molecule has 0 spiro atoms. The zero-order valence-corrected chi connectivity index (χ0v) is 10.4. The molecule has 1 heterocycles. The Kier molecular flexibility index (Phi) is 3.75. The van der Waals surface area contributed by atoms with E-state index in [-0.39, 0.29) is 6.10 Å². The van der Waals surface area contributed by atoms with E-state index in [4.69, 9.17) is 4.74 Å². The van der Waals surface area contributed by atoms with E-state index >= 15 is 0 Å². The zero-order valence-electron chi connectivity index (χ0n) is 8.85. The van der Waals surface area contributed by atoms with E-state index in [0.717, 1.165) is 18.7 Å². The summed E-state index contributed by atoms with van der Waals surface area (Å²) in [6.45, 7) is 1.78. The zero-order chi connectivity index (χ0) is 12.5. The summed E-state index contributed by atoms with van der Waals surface area (Å²) in [5, 5.41) is 3.09. The van der Waals surface area contributed by atoms with Crippen LogP contribution in [0.4, 0.5) is 13.2 Å². The Hall–Kier alpha value is -0.590. The van der Waals surface area contributed by atoms with Gasteiger partial charge in [-0.1, -0.05) is 15.9 Å². The quantitative estimate of drug-likeness (QED) is 0.860. The highest BCUT2D eigenvalue weighted by Crippen LogP contribution is 2.34. The Balaban J connectivity index is 2.31. The molecule has 1 fully saturated rings. The Bertz CT molecular complexity index is 402. The Labute approximate surface area is 105 Å². The molecule has 1 unspecified atom stereocenters. The Morgan fingerprint density at radius 1 is 1.29 bits per heavy atom. The van der Waals surface area contributed by atoms with Crippen molar-refractivity contribution in [3.8, 4) is 0 Å². The fourth-order valence-corrected chi connectivity index (χ4v) is 2.25. The van der Waals surface area contributed by atoms with Crippen LogP contribution in [0.15, 0.2) is 22.7 Å². The average molecular weight is 310 g/mol. The fourth-order valence-electron chi connectivity index (χ4n) is 1.74. The molecular weight excluding hydrogens is 299 g/mol. The third-order valence-corrected chi connectivity index (χ3v) is 3.00. The lowest BCUT2D eigenvalue weighted by Crippen LogP contribution is -2.33. The van der Waals surface area contributed by atoms with E-state index < -0.39 is 11.7 Å². The van der Waals surface area contributed by atoms with Crippen LogP contribution in [0.2, 0.25) is 0 Å². The molecule has 1 aliphatic rings. The average Bonchev–Trinajstić information content (AvgIpc) is 2.28. The van der Waals surface area contributed by atoms with Crippen LogP contribution in [0.1, 0.15) is 17.2 Å². The predicted molar refractivity (Wildman–Crippen MR) is 60.7 cm³/mol. The van der Waals surface area contributed by atoms with Gasteiger partial charge in [0, 0.05) is 17.6 Å². The minimum atomic E-state index is -4.33. The van der Waals surface area contributed by atoms with Crippen molar-refractivity contribution in [2.45, 2.75) is 12.3 Å². The molecule has 17 heavy (non-hydrogen) atoms. The second-order valence-corrected chi connectivity index (χ2v) is 4.75. The third kappa shape index (κ3) is 3.20. The fraction of sp³-hybridized carbons (Fsp3) is 0.455. The number of morpholine rings is 1. The van der Waals surface area contributed by atoms with Crippen molar-refractivity contribution in [1.29, 1.82) is 0 Å². The predicted octanol–water partition coefficient (Wildman–Crippen LogP) is 3.13. The molecule has 1 aliphatic heterocycles. The molecule has 6 heteroatoms. The van der Waals surface area contributed by atoms with Gasteiger partial charge >= 0.3 is 6.18 Å². The molecule has 0 aromatic heterocycles. The van der Waals surface area contributed by atoms with E-state index in [0.29, 0.717) is 23.2 Å². The number of nitrogens with one attached hydrogen (secondary N) is 1. The highest BCUT2D eigenvalue weighted by atomic mass is 79.9. The highest BCUT2D eigenvalue weighted by Gasteiger charge is 2.32. The van der Waals surface area contributed by atoms with Gasteiger partial charge < -0.3 is 10.1 Å². The number of hydrogen-bond acceptors (Lipinski definition) is 2. The first kappa shape index (κ1) is 12.9. The molecular formula is C11H11BrF3NO. The molecule has 1 aromatic carbocycles. The van der Waals surface area contributed by atoms with Gasteiger partial charge in [0.2, 0.25) is 0 Å². The third-order valence-electron chi connectivity index (χ3n) is 2.55. The van der Waals surface area contributed by atoms with Crippen LogP contribution >= 0.6 is 15.9 Å². The minimum absolute atomic E-state index is 0.317. The maximum atomic E-state index is 12.6. The number of rotatable bonds is 1. The molecule has 0 bridgehead atoms. The van der Waals surface area contributed by atoms with Gasteiger partial charge in [-0.05, 0) is 23.8 Å². The van der Waals surface area contributed by atoms with Crippen LogP contribution in [0.3, 0.4) is 0 Å². The number of hydrogen-bond donors (Lipinski definition) is 1. The molecule has 1 atom stereocenters. The van der Waals surface area contributed by atoms with Crippen molar-refractivity contribution in [2.75, 3.05) is 19.7 Å². The molecule has 1 saturated heterocycles. The molecule has 2 rings (SSSR count). The lowest BCUT2D eigenvalue weighted by atomic mass is 10.0. The number of halogens is 4. The summed E-state index contributed by atoms with van der Waals surface area (Å²) in [4.78, 5) is 0. The first-order valence-corrected chi connectivity index (χ1v) is 5.96. The standard InChI is InChI=1S/C11H11BrF3NO/c12-9-4-7(10-6-16-1-2-17-10)3-8(5-9)11(13,14)15/h3-5,10,16H,1-2,6H2. The smallest absolute Gasteiger partial charge is 0.371 e. The van der Waals surface area contributed by atoms with Crippen LogP contribution in [0.5, 0.6) is 0 Å². The maximum Gasteiger partial charge on any atom is 0.416 e. The van der Waals surface area contributed by atoms with Gasteiger partial charge in [0.25, 0.3) is 0 Å². The second-order valence-electron chi connectivity index (χ2n) is 3.83. The summed E-state index contributed by atoms with van der Waals surface area (Å²) in [5.41, 5.74) is -0.116. The molecule has 0 amide bonds. The molecule has 1 aromatic rings. The summed E-state index contributed by atoms with van der Waals surface area (Å²) >= 11 is 3.10. The van der Waals surface area contributed by atoms with Crippen LogP contribution in [0.25, 0.3) is 0 Å². The molecule has 0 saturated carbocycles. The van der Waals surface area contributed by atoms with Gasteiger partial charge in [-0.25, -0.2) is 0 Å². The Morgan fingerprint density at radius 2 is 2.06 bits per heavy atom. The van der Waals surface area contributed by atoms with E-state index in [1.165, 1.54) is 0 Å². The number of benzene rings is 1. The molecule has 0 aliphatic carbocycles. The van der Waals surface area contributed by atoms with Crippen molar-refractivity contribution in [1.82, 2.24) is 5.32 Å². The number of alkyl halides is 3. The molecule has 0 radical (unpaired) electrons. The largest absolute Gasteiger partial charge is 0.416 e. The summed E-state index contributed by atoms with van der Waals surface area (Å²) in [6, 6.07) is 3.87. The monoisotopic (exact) mass is 309 g/mol. The van der Waals surface area contributed by atoms with Crippen LogP contribution in [0, 0.1) is 0 Å². The lowest BCUT2D eigenvalue weighted by Gasteiger charge is -2.24. The highest BCUT2D eigenvalue weighted by molar-refractivity contribution is 9.10. The first-order chi connectivity index (χ1) is 7.97. The van der Waals surface area contributed by atoms with Crippen LogP contribution < -0.4 is 5.32 Å².